The van der Waals surface area contributed by atoms with Crippen LogP contribution in [0.15, 0.2) is 76.8 Å². The van der Waals surface area contributed by atoms with E-state index in [1.165, 1.54) is 6.07 Å². The first-order chi connectivity index (χ1) is 12.2. The molecular formula is C18H16N6O. The molecule has 0 bridgehead atoms. The van der Waals surface area contributed by atoms with Crippen LogP contribution in [0.2, 0.25) is 0 Å². The molecule has 7 heteroatoms. The van der Waals surface area contributed by atoms with Crippen LogP contribution in [0.3, 0.4) is 0 Å². The Bertz CT molecular complexity index is 996. The van der Waals surface area contributed by atoms with Gasteiger partial charge in [0.15, 0.2) is 5.69 Å². The van der Waals surface area contributed by atoms with Crippen molar-refractivity contribution in [2.24, 2.45) is 5.10 Å². The molecule has 2 N–H and O–H groups in total. The maximum absolute atomic E-state index is 12.4. The molecule has 4 rings (SSSR count). The molecule has 2 aromatic carbocycles. The summed E-state index contributed by atoms with van der Waals surface area (Å²) >= 11 is 0. The van der Waals surface area contributed by atoms with Crippen LogP contribution in [0, 0.1) is 6.92 Å². The fourth-order valence-corrected chi connectivity index (χ4v) is 2.63. The second-order valence-corrected chi connectivity index (χ2v) is 5.64. The number of nitrogens with one attached hydrogen (secondary N) is 2. The normalized spacial score (nSPS) is 13.5. The van der Waals surface area contributed by atoms with Crippen molar-refractivity contribution in [3.63, 3.8) is 0 Å². The van der Waals surface area contributed by atoms with Gasteiger partial charge in [-0.25, -0.2) is 15.2 Å². The van der Waals surface area contributed by atoms with Gasteiger partial charge < -0.3 is 0 Å². The van der Waals surface area contributed by atoms with Gasteiger partial charge in [-0.2, -0.15) is 5.10 Å². The number of aromatic nitrogens is 2. The van der Waals surface area contributed by atoms with Crippen molar-refractivity contribution in [3.8, 4) is 5.69 Å². The summed E-state index contributed by atoms with van der Waals surface area (Å²) < 4.78 is 1.67. The molecule has 25 heavy (non-hydrogen) atoms. The van der Waals surface area contributed by atoms with E-state index in [0.717, 1.165) is 16.9 Å². The van der Waals surface area contributed by atoms with Crippen LogP contribution in [-0.2, 0) is 0 Å². The van der Waals surface area contributed by atoms with Gasteiger partial charge in [0.2, 0.25) is 11.3 Å². The Labute approximate surface area is 144 Å². The Kier molecular flexibility index (Phi) is 3.75. The predicted molar refractivity (Wildman–Crippen MR) is 96.3 cm³/mol. The summed E-state index contributed by atoms with van der Waals surface area (Å²) in [5, 5.41) is 10.4. The van der Waals surface area contributed by atoms with Crippen molar-refractivity contribution in [2.75, 3.05) is 5.01 Å². The van der Waals surface area contributed by atoms with Gasteiger partial charge in [0.25, 0.3) is 0 Å². The van der Waals surface area contributed by atoms with Gasteiger partial charge >= 0.3 is 0 Å². The molecule has 0 amide bonds. The Morgan fingerprint density at radius 3 is 2.56 bits per heavy atom. The van der Waals surface area contributed by atoms with E-state index in [1.807, 2.05) is 61.5 Å². The summed E-state index contributed by atoms with van der Waals surface area (Å²) in [5.41, 5.74) is 8.50. The topological polar surface area (TPSA) is 74.6 Å². The summed E-state index contributed by atoms with van der Waals surface area (Å²) in [4.78, 5) is 12.4. The first kappa shape index (κ1) is 15.1. The molecule has 0 radical (unpaired) electrons. The number of anilines is 1. The summed E-state index contributed by atoms with van der Waals surface area (Å²) in [5.74, 6) is 0.415. The van der Waals surface area contributed by atoms with Crippen molar-refractivity contribution in [1.82, 2.24) is 20.9 Å². The van der Waals surface area contributed by atoms with E-state index in [9.17, 15) is 4.79 Å². The molecule has 0 fully saturated rings. The van der Waals surface area contributed by atoms with Crippen LogP contribution < -0.4 is 21.5 Å². The average Bonchev–Trinajstić information content (AvgIpc) is 3.12. The van der Waals surface area contributed by atoms with E-state index < -0.39 is 0 Å². The lowest BCUT2D eigenvalue weighted by Crippen LogP contribution is -2.43. The minimum atomic E-state index is -0.200. The summed E-state index contributed by atoms with van der Waals surface area (Å²) in [6.45, 7) is 2.01. The zero-order valence-electron chi connectivity index (χ0n) is 13.5. The highest BCUT2D eigenvalue weighted by atomic mass is 16.1. The van der Waals surface area contributed by atoms with Gasteiger partial charge in [0.1, 0.15) is 0 Å². The highest BCUT2D eigenvalue weighted by Crippen LogP contribution is 2.15. The third-order valence-corrected chi connectivity index (χ3v) is 3.84. The van der Waals surface area contributed by atoms with Crippen LogP contribution >= 0.6 is 0 Å². The molecule has 7 nitrogen and oxygen atoms in total. The standard InChI is InChI=1S/C18H16N6O/c1-13-6-5-9-15(12-13)23-11-10-16(25)17(20-23)18-19-21-22-24(18)14-7-3-2-4-8-14/h2-12,21-22H,1H3. The van der Waals surface area contributed by atoms with Crippen LogP contribution in [0.1, 0.15) is 11.3 Å². The first-order valence-corrected chi connectivity index (χ1v) is 7.83. The van der Waals surface area contributed by atoms with E-state index in [2.05, 4.69) is 21.3 Å². The van der Waals surface area contributed by atoms with Gasteiger partial charge in [-0.3, -0.25) is 4.79 Å². The number of benzene rings is 2. The molecule has 1 aliphatic rings. The smallest absolute Gasteiger partial charge is 0.211 e. The van der Waals surface area contributed by atoms with E-state index >= 15 is 0 Å². The van der Waals surface area contributed by atoms with Crippen molar-refractivity contribution in [3.05, 3.63) is 88.3 Å². The van der Waals surface area contributed by atoms with Crippen LogP contribution in [0.4, 0.5) is 5.69 Å². The molecule has 0 saturated carbocycles. The lowest BCUT2D eigenvalue weighted by molar-refractivity contribution is 0.623. The molecular weight excluding hydrogens is 316 g/mol. The SMILES string of the molecule is Cc1cccc(-n2ccc(=O)c(C3=NNNN3c3ccccc3)n2)c1. The molecule has 0 atom stereocenters. The molecule has 0 unspecified atom stereocenters. The predicted octanol–water partition coefficient (Wildman–Crippen LogP) is 1.73. The van der Waals surface area contributed by atoms with E-state index in [4.69, 9.17) is 0 Å². The number of hydrogen-bond donors (Lipinski definition) is 2. The molecule has 2 heterocycles. The fourth-order valence-electron chi connectivity index (χ4n) is 2.63. The van der Waals surface area contributed by atoms with E-state index in [0.29, 0.717) is 5.84 Å². The number of rotatable bonds is 3. The molecule has 124 valence electrons. The quantitative estimate of drug-likeness (QED) is 0.764. The number of para-hydroxylation sites is 1. The second kappa shape index (κ2) is 6.21. The molecule has 0 spiro atoms. The van der Waals surface area contributed by atoms with Crippen molar-refractivity contribution in [1.29, 1.82) is 0 Å². The van der Waals surface area contributed by atoms with Crippen LogP contribution in [0.5, 0.6) is 0 Å². The molecule has 1 aromatic heterocycles. The maximum atomic E-state index is 12.4. The number of aryl methyl sites for hydroxylation is 1. The largest absolute Gasteiger partial charge is 0.287 e. The molecule has 1 aliphatic heterocycles. The Morgan fingerprint density at radius 1 is 0.960 bits per heavy atom. The summed E-state index contributed by atoms with van der Waals surface area (Å²) in [6, 6.07) is 19.0. The van der Waals surface area contributed by atoms with Gasteiger partial charge in [0, 0.05) is 12.3 Å². The molecule has 0 saturated heterocycles. The van der Waals surface area contributed by atoms with E-state index in [1.54, 1.807) is 15.9 Å². The minimum Gasteiger partial charge on any atom is -0.287 e. The third-order valence-electron chi connectivity index (χ3n) is 3.84. The Hall–Kier alpha value is -3.45. The third kappa shape index (κ3) is 2.88. The van der Waals surface area contributed by atoms with Gasteiger partial charge in [-0.05, 0) is 36.8 Å². The van der Waals surface area contributed by atoms with Gasteiger partial charge in [-0.1, -0.05) is 30.3 Å². The van der Waals surface area contributed by atoms with Gasteiger partial charge in [0.05, 0.1) is 11.4 Å². The Balaban J connectivity index is 1.77. The zero-order valence-corrected chi connectivity index (χ0v) is 13.5. The number of hydrazine groups is 2. The molecule has 0 aliphatic carbocycles. The summed E-state index contributed by atoms with van der Waals surface area (Å²) in [6.07, 6.45) is 1.66. The van der Waals surface area contributed by atoms with Crippen molar-refractivity contribution in [2.45, 2.75) is 6.92 Å². The maximum Gasteiger partial charge on any atom is 0.211 e. The lowest BCUT2D eigenvalue weighted by atomic mass is 10.2. The van der Waals surface area contributed by atoms with Crippen LogP contribution in [-0.4, -0.2) is 15.6 Å². The van der Waals surface area contributed by atoms with E-state index in [-0.39, 0.29) is 11.1 Å². The number of hydrogen-bond acceptors (Lipinski definition) is 6. The first-order valence-electron chi connectivity index (χ1n) is 7.83. The lowest BCUT2D eigenvalue weighted by Gasteiger charge is -2.18. The average molecular weight is 332 g/mol. The fraction of sp³-hybridized carbons (Fsp3) is 0.0556. The van der Waals surface area contributed by atoms with Crippen LogP contribution in [0.25, 0.3) is 5.69 Å². The highest BCUT2D eigenvalue weighted by molar-refractivity contribution is 6.08. The monoisotopic (exact) mass is 332 g/mol. The number of amidine groups is 1. The zero-order chi connectivity index (χ0) is 17.2. The minimum absolute atomic E-state index is 0.200. The highest BCUT2D eigenvalue weighted by Gasteiger charge is 2.24. The van der Waals surface area contributed by atoms with Crippen molar-refractivity contribution >= 4 is 11.5 Å². The number of hydrazone groups is 1. The molecule has 3 aromatic rings. The van der Waals surface area contributed by atoms with Crippen molar-refractivity contribution < 1.29 is 0 Å². The second-order valence-electron chi connectivity index (χ2n) is 5.64. The number of nitrogens with zero attached hydrogens (tertiary/aromatic N) is 4. The summed E-state index contributed by atoms with van der Waals surface area (Å²) in [7, 11) is 0. The van der Waals surface area contributed by atoms with Gasteiger partial charge in [-0.15, -0.1) is 10.6 Å². The Morgan fingerprint density at radius 2 is 1.76 bits per heavy atom.